The second-order valence-corrected chi connectivity index (χ2v) is 4.78. The second-order valence-electron chi connectivity index (χ2n) is 4.35. The minimum absolute atomic E-state index is 0.328. The SMILES string of the molecule is CNc1nc(=O)n(Cc2cn[nH]c2)c2cc(Cl)ccc12. The van der Waals surface area contributed by atoms with E-state index >= 15 is 0 Å². The van der Waals surface area contributed by atoms with Crippen molar-refractivity contribution in [3.05, 3.63) is 51.7 Å². The third-order valence-corrected chi connectivity index (χ3v) is 3.31. The number of rotatable bonds is 3. The van der Waals surface area contributed by atoms with Gasteiger partial charge in [0.2, 0.25) is 0 Å². The minimum atomic E-state index is -0.328. The smallest absolute Gasteiger partial charge is 0.350 e. The van der Waals surface area contributed by atoms with Gasteiger partial charge >= 0.3 is 5.69 Å². The van der Waals surface area contributed by atoms with Crippen LogP contribution in [0.4, 0.5) is 5.82 Å². The number of hydrogen-bond acceptors (Lipinski definition) is 4. The van der Waals surface area contributed by atoms with Crippen LogP contribution in [0.3, 0.4) is 0 Å². The molecule has 0 atom stereocenters. The fourth-order valence-electron chi connectivity index (χ4n) is 2.14. The third-order valence-electron chi connectivity index (χ3n) is 3.08. The van der Waals surface area contributed by atoms with Crippen molar-refractivity contribution in [1.82, 2.24) is 19.7 Å². The molecule has 2 heterocycles. The van der Waals surface area contributed by atoms with E-state index in [0.29, 0.717) is 17.4 Å². The molecule has 0 unspecified atom stereocenters. The van der Waals surface area contributed by atoms with Crippen molar-refractivity contribution in [2.45, 2.75) is 6.54 Å². The van der Waals surface area contributed by atoms with E-state index in [9.17, 15) is 4.79 Å². The first kappa shape index (κ1) is 12.7. The Labute approximate surface area is 119 Å². The van der Waals surface area contributed by atoms with E-state index in [-0.39, 0.29) is 5.69 Å². The van der Waals surface area contributed by atoms with Crippen LogP contribution in [-0.4, -0.2) is 26.8 Å². The second kappa shape index (κ2) is 4.97. The summed E-state index contributed by atoms with van der Waals surface area (Å²) >= 11 is 6.05. The van der Waals surface area contributed by atoms with Gasteiger partial charge in [-0.25, -0.2) is 4.79 Å². The number of nitrogens with zero attached hydrogens (tertiary/aromatic N) is 3. The number of H-pyrrole nitrogens is 1. The van der Waals surface area contributed by atoms with Crippen LogP contribution in [0.2, 0.25) is 5.02 Å². The largest absolute Gasteiger partial charge is 0.372 e. The highest BCUT2D eigenvalue weighted by atomic mass is 35.5. The first-order valence-corrected chi connectivity index (χ1v) is 6.42. The lowest BCUT2D eigenvalue weighted by atomic mass is 10.2. The van der Waals surface area contributed by atoms with E-state index in [4.69, 9.17) is 11.6 Å². The number of fused-ring (bicyclic) bond motifs is 1. The molecule has 1 aromatic carbocycles. The van der Waals surface area contributed by atoms with E-state index in [2.05, 4.69) is 20.5 Å². The summed E-state index contributed by atoms with van der Waals surface area (Å²) in [5, 5.41) is 11.0. The predicted octanol–water partition coefficient (Wildman–Crippen LogP) is 1.86. The molecule has 0 bridgehead atoms. The zero-order valence-electron chi connectivity index (χ0n) is 10.7. The summed E-state index contributed by atoms with van der Waals surface area (Å²) in [6.45, 7) is 0.392. The van der Waals surface area contributed by atoms with Crippen molar-refractivity contribution in [2.75, 3.05) is 12.4 Å². The summed E-state index contributed by atoms with van der Waals surface area (Å²) < 4.78 is 1.58. The highest BCUT2D eigenvalue weighted by Crippen LogP contribution is 2.23. The molecule has 20 heavy (non-hydrogen) atoms. The van der Waals surface area contributed by atoms with Crippen LogP contribution in [0, 0.1) is 0 Å². The fraction of sp³-hybridized carbons (Fsp3) is 0.154. The summed E-state index contributed by atoms with van der Waals surface area (Å²) in [5.74, 6) is 0.546. The molecule has 3 aromatic rings. The van der Waals surface area contributed by atoms with Gasteiger partial charge in [-0.1, -0.05) is 11.6 Å². The summed E-state index contributed by atoms with van der Waals surface area (Å²) in [7, 11) is 1.73. The number of hydrogen-bond donors (Lipinski definition) is 2. The van der Waals surface area contributed by atoms with Gasteiger partial charge in [-0.05, 0) is 18.2 Å². The Morgan fingerprint density at radius 1 is 1.45 bits per heavy atom. The topological polar surface area (TPSA) is 75.6 Å². The lowest BCUT2D eigenvalue weighted by Crippen LogP contribution is -2.24. The maximum absolute atomic E-state index is 12.2. The highest BCUT2D eigenvalue weighted by molar-refractivity contribution is 6.31. The van der Waals surface area contributed by atoms with Gasteiger partial charge in [0, 0.05) is 29.2 Å². The van der Waals surface area contributed by atoms with E-state index in [1.807, 2.05) is 6.07 Å². The van der Waals surface area contributed by atoms with Crippen molar-refractivity contribution >= 4 is 28.3 Å². The lowest BCUT2D eigenvalue weighted by molar-refractivity contribution is 0.763. The molecule has 2 aromatic heterocycles. The number of benzene rings is 1. The minimum Gasteiger partial charge on any atom is -0.372 e. The normalized spacial score (nSPS) is 10.9. The Bertz CT molecular complexity index is 809. The molecule has 6 nitrogen and oxygen atoms in total. The van der Waals surface area contributed by atoms with E-state index in [1.165, 1.54) is 0 Å². The first-order chi connectivity index (χ1) is 9.69. The molecule has 7 heteroatoms. The van der Waals surface area contributed by atoms with Crippen LogP contribution in [0.1, 0.15) is 5.56 Å². The number of aromatic nitrogens is 4. The highest BCUT2D eigenvalue weighted by Gasteiger charge is 2.11. The van der Waals surface area contributed by atoms with Crippen molar-refractivity contribution in [3.8, 4) is 0 Å². The van der Waals surface area contributed by atoms with E-state index < -0.39 is 0 Å². The molecule has 0 spiro atoms. The molecular weight excluding hydrogens is 278 g/mol. The Kier molecular flexibility index (Phi) is 3.15. The molecule has 2 N–H and O–H groups in total. The average Bonchev–Trinajstić information content (AvgIpc) is 2.94. The molecule has 102 valence electrons. The van der Waals surface area contributed by atoms with E-state index in [0.717, 1.165) is 16.5 Å². The zero-order chi connectivity index (χ0) is 14.1. The van der Waals surface area contributed by atoms with Crippen molar-refractivity contribution in [1.29, 1.82) is 0 Å². The molecule has 0 amide bonds. The summed E-state index contributed by atoms with van der Waals surface area (Å²) in [6.07, 6.45) is 3.42. The monoisotopic (exact) mass is 289 g/mol. The van der Waals surface area contributed by atoms with Crippen LogP contribution in [-0.2, 0) is 6.54 Å². The predicted molar refractivity (Wildman–Crippen MR) is 78.2 cm³/mol. The third kappa shape index (κ3) is 2.14. The zero-order valence-corrected chi connectivity index (χ0v) is 11.5. The number of anilines is 1. The maximum Gasteiger partial charge on any atom is 0.350 e. The average molecular weight is 290 g/mol. The van der Waals surface area contributed by atoms with Gasteiger partial charge in [0.1, 0.15) is 5.82 Å². The Hall–Kier alpha value is -2.34. The molecule has 0 fully saturated rings. The van der Waals surface area contributed by atoms with Crippen LogP contribution < -0.4 is 11.0 Å². The quantitative estimate of drug-likeness (QED) is 0.772. The lowest BCUT2D eigenvalue weighted by Gasteiger charge is -2.11. The summed E-state index contributed by atoms with van der Waals surface area (Å²) in [5.41, 5.74) is 1.31. The van der Waals surface area contributed by atoms with Crippen LogP contribution in [0.5, 0.6) is 0 Å². The fourth-order valence-corrected chi connectivity index (χ4v) is 2.30. The van der Waals surface area contributed by atoms with Crippen molar-refractivity contribution in [3.63, 3.8) is 0 Å². The van der Waals surface area contributed by atoms with Crippen LogP contribution in [0.25, 0.3) is 10.9 Å². The molecule has 0 aliphatic carbocycles. The summed E-state index contributed by atoms with van der Waals surface area (Å²) in [4.78, 5) is 16.2. The summed E-state index contributed by atoms with van der Waals surface area (Å²) in [6, 6.07) is 5.39. The Morgan fingerprint density at radius 3 is 3.00 bits per heavy atom. The Morgan fingerprint density at radius 2 is 2.30 bits per heavy atom. The standard InChI is InChI=1S/C13H12ClN5O/c1-15-12-10-3-2-9(14)4-11(10)19(13(20)18-12)7-8-5-16-17-6-8/h2-6H,7H2,1H3,(H,16,17)(H,15,18,20). The molecule has 0 aliphatic heterocycles. The number of halogens is 1. The van der Waals surface area contributed by atoms with Crippen LogP contribution >= 0.6 is 11.6 Å². The van der Waals surface area contributed by atoms with Crippen molar-refractivity contribution in [2.24, 2.45) is 0 Å². The number of aromatic amines is 1. The van der Waals surface area contributed by atoms with Crippen molar-refractivity contribution < 1.29 is 0 Å². The van der Waals surface area contributed by atoms with E-state index in [1.54, 1.807) is 36.1 Å². The molecule has 0 saturated carbocycles. The van der Waals surface area contributed by atoms with Gasteiger partial charge in [0.15, 0.2) is 0 Å². The number of nitrogens with one attached hydrogen (secondary N) is 2. The Balaban J connectivity index is 2.27. The molecular formula is C13H12ClN5O. The van der Waals surface area contributed by atoms with Gasteiger partial charge < -0.3 is 5.32 Å². The van der Waals surface area contributed by atoms with Gasteiger partial charge in [-0.3, -0.25) is 9.67 Å². The maximum atomic E-state index is 12.2. The molecule has 0 radical (unpaired) electrons. The van der Waals surface area contributed by atoms with Gasteiger partial charge in [0.05, 0.1) is 18.3 Å². The van der Waals surface area contributed by atoms with Crippen LogP contribution in [0.15, 0.2) is 35.4 Å². The molecule has 0 saturated heterocycles. The molecule has 3 rings (SSSR count). The molecule has 0 aliphatic rings. The van der Waals surface area contributed by atoms with Gasteiger partial charge in [-0.2, -0.15) is 10.1 Å². The van der Waals surface area contributed by atoms with Gasteiger partial charge in [-0.15, -0.1) is 0 Å². The van der Waals surface area contributed by atoms with Gasteiger partial charge in [0.25, 0.3) is 0 Å². The first-order valence-electron chi connectivity index (χ1n) is 6.04.